The third-order valence-corrected chi connectivity index (χ3v) is 6.84. The molecule has 0 radical (unpaired) electrons. The van der Waals surface area contributed by atoms with Crippen molar-refractivity contribution in [3.63, 3.8) is 0 Å². The first-order valence-corrected chi connectivity index (χ1v) is 13.2. The summed E-state index contributed by atoms with van der Waals surface area (Å²) < 4.78 is 1.86. The van der Waals surface area contributed by atoms with Crippen molar-refractivity contribution < 1.29 is 9.59 Å². The Morgan fingerprint density at radius 1 is 1.00 bits per heavy atom. The zero-order valence-corrected chi connectivity index (χ0v) is 21.3. The molecule has 1 heterocycles. The minimum atomic E-state index is -0.375. The van der Waals surface area contributed by atoms with Crippen LogP contribution >= 0.6 is 35.0 Å². The number of thioether (sulfide) groups is 1. The second kappa shape index (κ2) is 11.6. The van der Waals surface area contributed by atoms with Gasteiger partial charge in [-0.3, -0.25) is 9.59 Å². The van der Waals surface area contributed by atoms with E-state index in [4.69, 9.17) is 28.2 Å². The van der Waals surface area contributed by atoms with Gasteiger partial charge in [-0.25, -0.2) is 4.98 Å². The van der Waals surface area contributed by atoms with E-state index >= 15 is 0 Å². The van der Waals surface area contributed by atoms with Crippen LogP contribution in [0.2, 0.25) is 10.0 Å². The summed E-state index contributed by atoms with van der Waals surface area (Å²) in [5.41, 5.74) is 2.69. The zero-order chi connectivity index (χ0) is 24.8. The molecule has 0 saturated carbocycles. The molecular weight excluding hydrogens is 503 g/mol. The first-order valence-electron chi connectivity index (χ1n) is 11.0. The summed E-state index contributed by atoms with van der Waals surface area (Å²) in [5.74, 6) is 1.02. The quantitative estimate of drug-likeness (QED) is 0.272. The van der Waals surface area contributed by atoms with Crippen molar-refractivity contribution in [1.82, 2.24) is 14.9 Å². The molecule has 0 aliphatic heterocycles. The number of hydrogen-bond donors (Lipinski definition) is 2. The molecule has 9 heteroatoms. The van der Waals surface area contributed by atoms with E-state index in [9.17, 15) is 9.59 Å². The molecule has 2 amide bonds. The first kappa shape index (κ1) is 25.1. The largest absolute Gasteiger partial charge is 0.342 e. The predicted octanol–water partition coefficient (Wildman–Crippen LogP) is 6.21. The van der Waals surface area contributed by atoms with Crippen LogP contribution in [0.5, 0.6) is 0 Å². The van der Waals surface area contributed by atoms with Gasteiger partial charge < -0.3 is 15.2 Å². The van der Waals surface area contributed by atoms with Gasteiger partial charge in [0, 0.05) is 11.3 Å². The lowest BCUT2D eigenvalue weighted by Gasteiger charge is -2.20. The molecule has 0 unspecified atom stereocenters. The van der Waals surface area contributed by atoms with Crippen molar-refractivity contribution in [3.05, 3.63) is 94.2 Å². The minimum Gasteiger partial charge on any atom is -0.342 e. The number of carbonyl (C=O) groups is 2. The zero-order valence-electron chi connectivity index (χ0n) is 19.0. The lowest BCUT2D eigenvalue weighted by molar-refractivity contribution is -0.116. The third kappa shape index (κ3) is 6.17. The number of nitrogens with one attached hydrogen (secondary N) is 2. The van der Waals surface area contributed by atoms with Gasteiger partial charge in [-0.05, 0) is 60.9 Å². The number of nitrogens with zero attached hydrogens (tertiary/aromatic N) is 2. The third-order valence-electron chi connectivity index (χ3n) is 5.45. The highest BCUT2D eigenvalue weighted by atomic mass is 35.5. The van der Waals surface area contributed by atoms with Gasteiger partial charge in [-0.15, -0.1) is 0 Å². The summed E-state index contributed by atoms with van der Waals surface area (Å²) in [6, 6.07) is 21.3. The van der Waals surface area contributed by atoms with Crippen LogP contribution in [-0.2, 0) is 11.3 Å². The Morgan fingerprint density at radius 3 is 2.49 bits per heavy atom. The molecule has 0 fully saturated rings. The van der Waals surface area contributed by atoms with Crippen molar-refractivity contribution >= 4 is 63.5 Å². The number of amides is 2. The maximum atomic E-state index is 13.0. The number of rotatable bonds is 9. The summed E-state index contributed by atoms with van der Waals surface area (Å²) >= 11 is 13.8. The molecular formula is C26H24Cl2N4O2S. The monoisotopic (exact) mass is 526 g/mol. The number of fused-ring (bicyclic) bond motifs is 1. The van der Waals surface area contributed by atoms with Gasteiger partial charge in [0.1, 0.15) is 12.4 Å². The molecule has 1 atom stereocenters. The summed E-state index contributed by atoms with van der Waals surface area (Å²) in [4.78, 5) is 30.8. The number of imidazole rings is 1. The van der Waals surface area contributed by atoms with Crippen LogP contribution in [0.15, 0.2) is 72.8 Å². The van der Waals surface area contributed by atoms with Crippen LogP contribution in [0.4, 0.5) is 5.69 Å². The number of carbonyl (C=O) groups excluding carboxylic acids is 2. The van der Waals surface area contributed by atoms with E-state index in [0.29, 0.717) is 33.5 Å². The van der Waals surface area contributed by atoms with Crippen molar-refractivity contribution in [2.24, 2.45) is 0 Å². The topological polar surface area (TPSA) is 76.0 Å². The molecule has 4 aromatic rings. The molecule has 6 nitrogen and oxygen atoms in total. The molecule has 0 aliphatic carbocycles. The van der Waals surface area contributed by atoms with Gasteiger partial charge in [-0.2, -0.15) is 11.8 Å². The van der Waals surface area contributed by atoms with E-state index < -0.39 is 0 Å². The standard InChI is InChI=1S/C26H24Cl2N4O2S/c1-35-14-13-22(31-26(34)17-7-3-2-4-8-17)25-30-21-9-5-6-10-23(21)32(25)16-24(33)29-18-11-12-19(27)20(28)15-18/h2-12,15,22H,13-14,16H2,1H3,(H,29,33)(H,31,34)/t22-/m0/s1. The number of benzene rings is 3. The maximum absolute atomic E-state index is 13.0. The molecule has 2 N–H and O–H groups in total. The van der Waals surface area contributed by atoms with Gasteiger partial charge in [0.2, 0.25) is 5.91 Å². The van der Waals surface area contributed by atoms with Gasteiger partial charge in [-0.1, -0.05) is 53.5 Å². The van der Waals surface area contributed by atoms with Crippen molar-refractivity contribution in [2.75, 3.05) is 17.3 Å². The number of aromatic nitrogens is 2. The molecule has 0 spiro atoms. The number of para-hydroxylation sites is 2. The van der Waals surface area contributed by atoms with Crippen LogP contribution < -0.4 is 10.6 Å². The second-order valence-electron chi connectivity index (χ2n) is 7.90. The van der Waals surface area contributed by atoms with Crippen LogP contribution in [0.25, 0.3) is 11.0 Å². The maximum Gasteiger partial charge on any atom is 0.251 e. The van der Waals surface area contributed by atoms with E-state index in [-0.39, 0.29) is 24.4 Å². The molecule has 0 aliphatic rings. The Morgan fingerprint density at radius 2 is 1.74 bits per heavy atom. The van der Waals surface area contributed by atoms with Gasteiger partial charge >= 0.3 is 0 Å². The summed E-state index contributed by atoms with van der Waals surface area (Å²) in [6.45, 7) is 0.0209. The lowest BCUT2D eigenvalue weighted by Crippen LogP contribution is -2.32. The number of anilines is 1. The predicted molar refractivity (Wildman–Crippen MR) is 144 cm³/mol. The Hall–Kier alpha value is -3.00. The van der Waals surface area contributed by atoms with Crippen molar-refractivity contribution in [2.45, 2.75) is 19.0 Å². The highest BCUT2D eigenvalue weighted by Crippen LogP contribution is 2.27. The fourth-order valence-corrected chi connectivity index (χ4v) is 4.55. The first-order chi connectivity index (χ1) is 17.0. The molecule has 0 bridgehead atoms. The number of hydrogen-bond acceptors (Lipinski definition) is 4. The van der Waals surface area contributed by atoms with E-state index in [0.717, 1.165) is 16.8 Å². The second-order valence-corrected chi connectivity index (χ2v) is 9.70. The van der Waals surface area contributed by atoms with Crippen molar-refractivity contribution in [3.8, 4) is 0 Å². The van der Waals surface area contributed by atoms with E-state index in [2.05, 4.69) is 10.6 Å². The highest BCUT2D eigenvalue weighted by molar-refractivity contribution is 7.98. The van der Waals surface area contributed by atoms with E-state index in [1.807, 2.05) is 53.3 Å². The Kier molecular flexibility index (Phi) is 8.33. The molecule has 1 aromatic heterocycles. The smallest absolute Gasteiger partial charge is 0.251 e. The van der Waals surface area contributed by atoms with Gasteiger partial charge in [0.25, 0.3) is 5.91 Å². The van der Waals surface area contributed by atoms with Crippen LogP contribution in [0.3, 0.4) is 0 Å². The van der Waals surface area contributed by atoms with Gasteiger partial charge in [0.15, 0.2) is 0 Å². The molecule has 3 aromatic carbocycles. The minimum absolute atomic E-state index is 0.0209. The van der Waals surface area contributed by atoms with Crippen molar-refractivity contribution in [1.29, 1.82) is 0 Å². The molecule has 4 rings (SSSR count). The fraction of sp³-hybridized carbons (Fsp3) is 0.192. The fourth-order valence-electron chi connectivity index (χ4n) is 3.78. The number of halogens is 2. The average molecular weight is 527 g/mol. The molecule has 0 saturated heterocycles. The van der Waals surface area contributed by atoms with Gasteiger partial charge in [0.05, 0.1) is 27.1 Å². The van der Waals surface area contributed by atoms with Crippen LogP contribution in [0.1, 0.15) is 28.6 Å². The van der Waals surface area contributed by atoms with E-state index in [1.165, 1.54) is 0 Å². The van der Waals surface area contributed by atoms with E-state index in [1.54, 1.807) is 42.1 Å². The average Bonchev–Trinajstić information content (AvgIpc) is 3.22. The lowest BCUT2D eigenvalue weighted by atomic mass is 10.1. The normalized spacial score (nSPS) is 11.9. The SMILES string of the molecule is CSCC[C@H](NC(=O)c1ccccc1)c1nc2ccccc2n1CC(=O)Nc1ccc(Cl)c(Cl)c1. The van der Waals surface area contributed by atoms with Crippen LogP contribution in [-0.4, -0.2) is 33.4 Å². The highest BCUT2D eigenvalue weighted by Gasteiger charge is 2.24. The summed E-state index contributed by atoms with van der Waals surface area (Å²) in [5, 5.41) is 6.77. The van der Waals surface area contributed by atoms with Crippen LogP contribution in [0, 0.1) is 0 Å². The summed E-state index contributed by atoms with van der Waals surface area (Å²) in [7, 11) is 0. The molecule has 180 valence electrons. The summed E-state index contributed by atoms with van der Waals surface area (Å²) in [6.07, 6.45) is 2.68. The Balaban J connectivity index is 1.65. The molecule has 35 heavy (non-hydrogen) atoms. The Bertz CT molecular complexity index is 1340. The Labute approximate surface area is 218 Å².